The first kappa shape index (κ1) is 15.8. The normalized spacial score (nSPS) is 15.3. The van der Waals surface area contributed by atoms with Crippen molar-refractivity contribution in [1.29, 1.82) is 0 Å². The van der Waals surface area contributed by atoms with Gasteiger partial charge in [-0.05, 0) is 37.1 Å². The molecule has 2 amide bonds. The summed E-state index contributed by atoms with van der Waals surface area (Å²) in [6.07, 6.45) is 3.43. The van der Waals surface area contributed by atoms with E-state index in [2.05, 4.69) is 15.5 Å². The molecule has 1 aromatic carbocycles. The fourth-order valence-corrected chi connectivity index (χ4v) is 3.93. The maximum absolute atomic E-state index is 12.3. The first-order valence-electron chi connectivity index (χ1n) is 8.28. The van der Waals surface area contributed by atoms with Gasteiger partial charge in [0.05, 0.1) is 6.26 Å². The molecule has 0 saturated carbocycles. The lowest BCUT2D eigenvalue weighted by atomic mass is 9.98. The van der Waals surface area contributed by atoms with E-state index in [1.807, 2.05) is 47.4 Å². The summed E-state index contributed by atoms with van der Waals surface area (Å²) in [5.41, 5.74) is 0.821. The van der Waals surface area contributed by atoms with Crippen LogP contribution >= 0.6 is 11.3 Å². The van der Waals surface area contributed by atoms with Gasteiger partial charge in [0.1, 0.15) is 5.01 Å². The zero-order chi connectivity index (χ0) is 17.1. The second-order valence-corrected chi connectivity index (χ2v) is 6.99. The summed E-state index contributed by atoms with van der Waals surface area (Å²) in [4.78, 5) is 14.2. The van der Waals surface area contributed by atoms with E-state index < -0.39 is 0 Å². The lowest BCUT2D eigenvalue weighted by Gasteiger charge is -2.30. The molecule has 3 aromatic rings. The number of amides is 2. The number of likely N-dealkylation sites (tertiary alicyclic amines) is 1. The Balaban J connectivity index is 1.34. The second-order valence-electron chi connectivity index (χ2n) is 5.98. The molecule has 1 aliphatic rings. The number of hydrogen-bond donors (Lipinski definition) is 1. The summed E-state index contributed by atoms with van der Waals surface area (Å²) in [7, 11) is 0. The van der Waals surface area contributed by atoms with Crippen molar-refractivity contribution in [3.8, 4) is 10.8 Å². The molecular formula is C18H18N4O2S. The van der Waals surface area contributed by atoms with E-state index in [9.17, 15) is 4.79 Å². The molecule has 0 bridgehead atoms. The van der Waals surface area contributed by atoms with Gasteiger partial charge in [-0.3, -0.25) is 0 Å². The van der Waals surface area contributed by atoms with Crippen LogP contribution < -0.4 is 5.32 Å². The fraction of sp³-hybridized carbons (Fsp3) is 0.278. The van der Waals surface area contributed by atoms with Gasteiger partial charge >= 0.3 is 6.03 Å². The Morgan fingerprint density at radius 2 is 1.92 bits per heavy atom. The predicted octanol–water partition coefficient (Wildman–Crippen LogP) is 4.21. The van der Waals surface area contributed by atoms with Crippen molar-refractivity contribution >= 4 is 23.1 Å². The van der Waals surface area contributed by atoms with Crippen molar-refractivity contribution in [3.63, 3.8) is 0 Å². The molecule has 1 N–H and O–H groups in total. The second kappa shape index (κ2) is 7.06. The van der Waals surface area contributed by atoms with E-state index in [0.29, 0.717) is 5.92 Å². The van der Waals surface area contributed by atoms with Gasteiger partial charge in [0.15, 0.2) is 10.8 Å². The van der Waals surface area contributed by atoms with Gasteiger partial charge in [-0.15, -0.1) is 10.2 Å². The molecular weight excluding hydrogens is 336 g/mol. The lowest BCUT2D eigenvalue weighted by molar-refractivity contribution is 0.194. The third kappa shape index (κ3) is 3.56. The summed E-state index contributed by atoms with van der Waals surface area (Å²) in [5.74, 6) is 1.10. The number of carbonyl (C=O) groups is 1. The van der Waals surface area contributed by atoms with Gasteiger partial charge in [0.2, 0.25) is 0 Å². The van der Waals surface area contributed by atoms with E-state index in [-0.39, 0.29) is 6.03 Å². The summed E-state index contributed by atoms with van der Waals surface area (Å²) in [5, 5.41) is 13.3. The molecule has 6 nitrogen and oxygen atoms in total. The monoisotopic (exact) mass is 354 g/mol. The summed E-state index contributed by atoms with van der Waals surface area (Å²) >= 11 is 1.57. The fourth-order valence-electron chi connectivity index (χ4n) is 2.95. The molecule has 3 heterocycles. The van der Waals surface area contributed by atoms with Gasteiger partial charge < -0.3 is 14.6 Å². The number of piperidine rings is 1. The predicted molar refractivity (Wildman–Crippen MR) is 96.6 cm³/mol. The Labute approximate surface area is 149 Å². The van der Waals surface area contributed by atoms with E-state index in [1.54, 1.807) is 17.6 Å². The number of urea groups is 1. The van der Waals surface area contributed by atoms with Crippen molar-refractivity contribution in [1.82, 2.24) is 15.1 Å². The average molecular weight is 354 g/mol. The largest absolute Gasteiger partial charge is 0.462 e. The highest BCUT2D eigenvalue weighted by Crippen LogP contribution is 2.33. The number of para-hydroxylation sites is 1. The van der Waals surface area contributed by atoms with Crippen LogP contribution in [-0.4, -0.2) is 34.2 Å². The van der Waals surface area contributed by atoms with Crippen LogP contribution in [-0.2, 0) is 0 Å². The highest BCUT2D eigenvalue weighted by molar-refractivity contribution is 7.14. The quantitative estimate of drug-likeness (QED) is 0.765. The number of carbonyl (C=O) groups excluding carboxylic acids is 1. The topological polar surface area (TPSA) is 71.3 Å². The van der Waals surface area contributed by atoms with Crippen molar-refractivity contribution in [3.05, 3.63) is 53.7 Å². The Morgan fingerprint density at radius 3 is 2.64 bits per heavy atom. The maximum Gasteiger partial charge on any atom is 0.321 e. The van der Waals surface area contributed by atoms with Crippen LogP contribution in [0, 0.1) is 0 Å². The molecule has 0 spiro atoms. The lowest BCUT2D eigenvalue weighted by Crippen LogP contribution is -2.40. The Kier molecular flexibility index (Phi) is 4.47. The van der Waals surface area contributed by atoms with Crippen LogP contribution in [0.4, 0.5) is 10.5 Å². The molecule has 0 radical (unpaired) electrons. The van der Waals surface area contributed by atoms with Crippen LogP contribution in [0.15, 0.2) is 53.1 Å². The van der Waals surface area contributed by atoms with Crippen LogP contribution in [0.5, 0.6) is 0 Å². The van der Waals surface area contributed by atoms with E-state index in [1.165, 1.54) is 0 Å². The van der Waals surface area contributed by atoms with E-state index in [0.717, 1.165) is 47.4 Å². The molecule has 25 heavy (non-hydrogen) atoms. The van der Waals surface area contributed by atoms with Crippen LogP contribution in [0.25, 0.3) is 10.8 Å². The number of hydrogen-bond acceptors (Lipinski definition) is 5. The van der Waals surface area contributed by atoms with Gasteiger partial charge in [0.25, 0.3) is 0 Å². The number of rotatable bonds is 3. The molecule has 0 atom stereocenters. The third-order valence-electron chi connectivity index (χ3n) is 4.33. The first-order chi connectivity index (χ1) is 12.3. The molecule has 1 fully saturated rings. The molecule has 4 rings (SSSR count). The van der Waals surface area contributed by atoms with Crippen LogP contribution in [0.3, 0.4) is 0 Å². The highest BCUT2D eigenvalue weighted by Gasteiger charge is 2.26. The standard InChI is InChI=1S/C18H18N4O2S/c23-18(19-14-5-2-1-3-6-14)22-10-8-13(9-11-22)16-20-21-17(25-16)15-7-4-12-24-15/h1-7,12-13H,8-11H2,(H,19,23). The molecule has 7 heteroatoms. The number of furan rings is 1. The summed E-state index contributed by atoms with van der Waals surface area (Å²) < 4.78 is 5.37. The number of nitrogens with one attached hydrogen (secondary N) is 1. The molecule has 0 unspecified atom stereocenters. The van der Waals surface area contributed by atoms with Crippen molar-refractivity contribution < 1.29 is 9.21 Å². The van der Waals surface area contributed by atoms with Crippen molar-refractivity contribution in [2.24, 2.45) is 0 Å². The number of anilines is 1. The average Bonchev–Trinajstić information content (AvgIpc) is 3.34. The van der Waals surface area contributed by atoms with E-state index >= 15 is 0 Å². The number of benzene rings is 1. The number of nitrogens with zero attached hydrogens (tertiary/aromatic N) is 3. The van der Waals surface area contributed by atoms with Gasteiger partial charge in [0, 0.05) is 24.7 Å². The molecule has 0 aliphatic carbocycles. The van der Waals surface area contributed by atoms with E-state index in [4.69, 9.17) is 4.42 Å². The number of aromatic nitrogens is 2. The minimum absolute atomic E-state index is 0.0433. The zero-order valence-corrected chi connectivity index (χ0v) is 14.4. The zero-order valence-electron chi connectivity index (χ0n) is 13.6. The minimum Gasteiger partial charge on any atom is -0.462 e. The third-order valence-corrected chi connectivity index (χ3v) is 5.43. The summed E-state index contributed by atoms with van der Waals surface area (Å²) in [6, 6.07) is 13.2. The van der Waals surface area contributed by atoms with Crippen LogP contribution in [0.1, 0.15) is 23.8 Å². The smallest absolute Gasteiger partial charge is 0.321 e. The van der Waals surface area contributed by atoms with Gasteiger partial charge in [-0.25, -0.2) is 4.79 Å². The molecule has 1 saturated heterocycles. The highest BCUT2D eigenvalue weighted by atomic mass is 32.1. The Morgan fingerprint density at radius 1 is 1.12 bits per heavy atom. The maximum atomic E-state index is 12.3. The van der Waals surface area contributed by atoms with Crippen LogP contribution in [0.2, 0.25) is 0 Å². The SMILES string of the molecule is O=C(Nc1ccccc1)N1CCC(c2nnc(-c3ccco3)s2)CC1. The molecule has 1 aliphatic heterocycles. The Hall–Kier alpha value is -2.67. The Bertz CT molecular complexity index is 824. The van der Waals surface area contributed by atoms with Crippen molar-refractivity contribution in [2.45, 2.75) is 18.8 Å². The molecule has 128 valence electrons. The summed E-state index contributed by atoms with van der Waals surface area (Å²) in [6.45, 7) is 1.44. The van der Waals surface area contributed by atoms with Gasteiger partial charge in [-0.2, -0.15) is 0 Å². The van der Waals surface area contributed by atoms with Crippen molar-refractivity contribution in [2.75, 3.05) is 18.4 Å². The minimum atomic E-state index is -0.0433. The molecule has 2 aromatic heterocycles. The first-order valence-corrected chi connectivity index (χ1v) is 9.09. The van der Waals surface area contributed by atoms with Gasteiger partial charge in [-0.1, -0.05) is 29.5 Å².